The molecule has 0 spiro atoms. The van der Waals surface area contributed by atoms with Crippen LogP contribution < -0.4 is 43.6 Å². The van der Waals surface area contributed by atoms with Gasteiger partial charge in [-0.25, -0.2) is 37.9 Å². The Morgan fingerprint density at radius 1 is 0.438 bits per heavy atom. The predicted octanol–water partition coefficient (Wildman–Crippen LogP) is 13.9. The topological polar surface area (TPSA) is 241 Å². The maximum Gasteiger partial charge on any atom is 0.318 e. The van der Waals surface area contributed by atoms with Crippen molar-refractivity contribution in [3.8, 4) is 18.0 Å². The Morgan fingerprint density at radius 3 is 1.20 bits per heavy atom. The lowest BCUT2D eigenvalue weighted by Crippen LogP contribution is -2.57. The van der Waals surface area contributed by atoms with Gasteiger partial charge in [0.2, 0.25) is 19.6 Å². The van der Waals surface area contributed by atoms with Crippen LogP contribution >= 0.6 is 11.6 Å². The van der Waals surface area contributed by atoms with E-state index in [4.69, 9.17) is 75.4 Å². The molecule has 29 nitrogen and oxygen atoms in total. The number of halogens is 4. The molecule has 1 N–H and O–H groups in total. The first kappa shape index (κ1) is 95.4. The number of aliphatic hydroxyl groups is 1. The number of likely N-dealkylation sites (tertiary alicyclic amines) is 3. The van der Waals surface area contributed by atoms with E-state index >= 15 is 0 Å². The molecule has 0 aliphatic carbocycles. The van der Waals surface area contributed by atoms with E-state index in [9.17, 15) is 32.7 Å². The number of aliphatic hydroxyl groups excluding tert-OH is 1. The minimum atomic E-state index is -1.01. The van der Waals surface area contributed by atoms with Crippen LogP contribution in [0.2, 0.25) is 5.15 Å². The third kappa shape index (κ3) is 21.3. The SMILES string of the molecule is [C-]#[N+]C[C@H]1CN(c2nc(OC[C@@H]3CCCN3C)nc3c2CCN(c2cccc4ccnc(Cl)c24)C3)CCN1C(=O)C(=C)F.[C-]#[N+]C[C@H]1CN(c2nc(OC[C@@H]3CCCN3CCO)nc3c2CCN(c2cccc4cccc(C)c24)C3)CCN1C(=O)C(=C)F.[C-]#[N+]C[C@H]1CN(c2nc(OC[C@@H]3CCCN3Cc3ccccc3)nc3c2CCN(c2cccc4cccc(C)c24)C3)CCN1C(=O)C(=C)F. The molecule has 9 aliphatic heterocycles. The molecule has 13 heterocycles. The van der Waals surface area contributed by atoms with E-state index in [0.717, 1.165) is 152 Å². The van der Waals surface area contributed by atoms with E-state index in [2.05, 4.69) is 207 Å². The highest BCUT2D eigenvalue weighted by Crippen LogP contribution is 2.42. The highest BCUT2D eigenvalue weighted by Gasteiger charge is 2.42. The second kappa shape index (κ2) is 43.4. The monoisotopic (exact) mass is 1880 g/mol. The molecular weight excluding hydrogens is 1760 g/mol. The summed E-state index contributed by atoms with van der Waals surface area (Å²) in [5.41, 5.74) is 12.9. The number of pyridine rings is 1. The van der Waals surface area contributed by atoms with E-state index < -0.39 is 53.3 Å². The highest BCUT2D eigenvalue weighted by atomic mass is 35.5. The average Bonchev–Trinajstić information content (AvgIpc) is 1.09. The summed E-state index contributed by atoms with van der Waals surface area (Å²) in [6.45, 7) is 49.7. The van der Waals surface area contributed by atoms with Gasteiger partial charge in [-0.1, -0.05) is 134 Å². The lowest BCUT2D eigenvalue weighted by Gasteiger charge is -2.41. The first-order chi connectivity index (χ1) is 66.6. The van der Waals surface area contributed by atoms with Gasteiger partial charge >= 0.3 is 18.0 Å². The van der Waals surface area contributed by atoms with E-state index in [1.165, 1.54) is 64.3 Å². The number of fused-ring (bicyclic) bond motifs is 6. The molecule has 10 aromatic rings. The lowest BCUT2D eigenvalue weighted by atomic mass is 9.99. The summed E-state index contributed by atoms with van der Waals surface area (Å²) < 4.78 is 60.6. The number of piperazine rings is 3. The zero-order valence-corrected chi connectivity index (χ0v) is 78.7. The molecule has 0 radical (unpaired) electrons. The molecule has 19 rings (SSSR count). The molecule has 6 atom stereocenters. The van der Waals surface area contributed by atoms with Gasteiger partial charge in [0.1, 0.15) is 60.6 Å². The molecule has 0 saturated carbocycles. The fourth-order valence-corrected chi connectivity index (χ4v) is 21.5. The van der Waals surface area contributed by atoms with Crippen LogP contribution in [0.3, 0.4) is 0 Å². The first-order valence-corrected chi connectivity index (χ1v) is 47.8. The normalized spacial score (nSPS) is 20.1. The molecule has 9 aliphatic rings. The van der Waals surface area contributed by atoms with Crippen molar-refractivity contribution in [2.24, 2.45) is 0 Å². The molecule has 33 heteroatoms. The van der Waals surface area contributed by atoms with Crippen molar-refractivity contribution in [2.75, 3.05) is 187 Å². The van der Waals surface area contributed by atoms with Gasteiger partial charge in [0.15, 0.2) is 17.5 Å². The van der Waals surface area contributed by atoms with Crippen molar-refractivity contribution >= 4 is 96.2 Å². The largest absolute Gasteiger partial charge is 0.462 e. The smallest absolute Gasteiger partial charge is 0.318 e. The van der Waals surface area contributed by atoms with Crippen LogP contribution in [-0.2, 0) is 59.8 Å². The summed E-state index contributed by atoms with van der Waals surface area (Å²) in [5.74, 6) is -3.03. The van der Waals surface area contributed by atoms with Gasteiger partial charge < -0.3 is 82.9 Å². The van der Waals surface area contributed by atoms with Crippen molar-refractivity contribution in [3.05, 3.63) is 261 Å². The van der Waals surface area contributed by atoms with Crippen LogP contribution in [0.1, 0.15) is 89.0 Å². The molecular formula is C104H116ClF3N22O7. The summed E-state index contributed by atoms with van der Waals surface area (Å²) in [6.07, 6.45) is 10.2. The number of hydrogen-bond donors (Lipinski definition) is 1. The second-order valence-electron chi connectivity index (χ2n) is 36.7. The molecule has 3 amide bonds. The van der Waals surface area contributed by atoms with E-state index in [0.29, 0.717) is 134 Å². The molecule has 0 bridgehead atoms. The zero-order chi connectivity index (χ0) is 95.5. The summed E-state index contributed by atoms with van der Waals surface area (Å²) in [6, 6.07) is 44.4. The predicted molar refractivity (Wildman–Crippen MR) is 526 cm³/mol. The minimum absolute atomic E-state index is 0.0583. The fraction of sp³-hybridized carbons (Fsp3) is 0.433. The Balaban J connectivity index is 0.000000143. The van der Waals surface area contributed by atoms with Crippen LogP contribution in [0.15, 0.2) is 171 Å². The van der Waals surface area contributed by atoms with Crippen LogP contribution in [0.5, 0.6) is 18.0 Å². The maximum atomic E-state index is 13.9. The molecule has 6 aromatic carbocycles. The van der Waals surface area contributed by atoms with Crippen LogP contribution in [-0.4, -0.2) is 281 Å². The third-order valence-corrected chi connectivity index (χ3v) is 28.5. The minimum Gasteiger partial charge on any atom is -0.462 e. The summed E-state index contributed by atoms with van der Waals surface area (Å²) in [7, 11) is 2.10. The molecule has 6 saturated heterocycles. The van der Waals surface area contributed by atoms with Gasteiger partial charge in [0.25, 0.3) is 17.7 Å². The average molecular weight is 1880 g/mol. The quantitative estimate of drug-likeness (QED) is 0.0318. The van der Waals surface area contributed by atoms with Crippen molar-refractivity contribution in [3.63, 3.8) is 0 Å². The van der Waals surface area contributed by atoms with Gasteiger partial charge in [-0.15, -0.1) is 0 Å². The van der Waals surface area contributed by atoms with E-state index in [-0.39, 0.29) is 58.0 Å². The number of hydrogen-bond acceptors (Lipinski definition) is 23. The van der Waals surface area contributed by atoms with Gasteiger partial charge in [-0.05, 0) is 155 Å². The van der Waals surface area contributed by atoms with Gasteiger partial charge in [0.05, 0.1) is 43.3 Å². The number of aryl methyl sites for hydroxylation is 2. The van der Waals surface area contributed by atoms with Crippen LogP contribution in [0.4, 0.5) is 47.7 Å². The van der Waals surface area contributed by atoms with Gasteiger partial charge in [-0.2, -0.15) is 29.9 Å². The number of ether oxygens (including phenoxy) is 3. The summed E-state index contributed by atoms with van der Waals surface area (Å²) >= 11 is 6.57. The Morgan fingerprint density at radius 2 is 0.810 bits per heavy atom. The Kier molecular flexibility index (Phi) is 30.2. The summed E-state index contributed by atoms with van der Waals surface area (Å²) in [4.78, 5) is 107. The number of benzene rings is 6. The Hall–Kier alpha value is -13.3. The molecule has 0 unspecified atom stereocenters. The van der Waals surface area contributed by atoms with Crippen molar-refractivity contribution in [1.29, 1.82) is 0 Å². The maximum absolute atomic E-state index is 13.9. The van der Waals surface area contributed by atoms with E-state index in [1.54, 1.807) is 6.20 Å². The van der Waals surface area contributed by atoms with Gasteiger partial charge in [0, 0.05) is 166 Å². The van der Waals surface area contributed by atoms with Crippen molar-refractivity contribution < 1.29 is 46.9 Å². The lowest BCUT2D eigenvalue weighted by molar-refractivity contribution is -0.131. The number of anilines is 6. The first-order valence-electron chi connectivity index (χ1n) is 47.5. The van der Waals surface area contributed by atoms with Crippen LogP contribution in [0.25, 0.3) is 46.9 Å². The van der Waals surface area contributed by atoms with Crippen molar-refractivity contribution in [1.82, 2.24) is 64.3 Å². The fourth-order valence-electron chi connectivity index (χ4n) is 21.2. The highest BCUT2D eigenvalue weighted by molar-refractivity contribution is 6.35. The number of carbonyl (C=O) groups is 3. The standard InChI is InChI=1S/C39H42FN7O2.C34H40FN7O3.C31H34ClFN8O2/c1-27-10-7-13-30-14-8-16-35(36(27)30)45-19-17-33-34(25-45)42-39(49-26-31-15-9-18-44(31)23-29-11-5-4-6-12-29)43-37(33)46-20-21-47(38(48)28(2)40)32(24-46)22-41-3;1-23-7-4-8-25-9-5-11-30(31(23)25)40-14-12-28-29(21-40)37-34(45-22-26-10-6-13-39(26)17-18-43)38-32(28)41-15-16-42(33(44)24(2)35)27(20-41)19-36-3;1-20(33)30(42)41-15-14-40(17-23(41)16-34-2)29-24-10-13-39(26-8-4-6-21-9-11-35-28(32)27(21)26)18-25(24)36-31(37-29)43-19-22-7-5-12-38(22)3/h4-8,10-14,16,31-32H,2,9,15,17-26H2,1H3;4-5,7-9,11,26-27,43H,2,6,10,12-22H2,1H3;4,6,8-9,11,22-23H,1,5,7,10,12-19H2,3H3/t31-,32-;26-,27-;22-,23-/m000/s1. The molecule has 6 fully saturated rings. The number of aromatic nitrogens is 7. The van der Waals surface area contributed by atoms with Crippen LogP contribution in [0, 0.1) is 33.6 Å². The third-order valence-electron chi connectivity index (χ3n) is 28.2. The molecule has 4 aromatic heterocycles. The molecule has 712 valence electrons. The number of carbonyl (C=O) groups excluding carboxylic acids is 3. The van der Waals surface area contributed by atoms with E-state index in [1.807, 2.05) is 24.3 Å². The second-order valence-corrected chi connectivity index (χ2v) is 37.1. The number of likely N-dealkylation sites (N-methyl/N-ethyl adjacent to an activating group) is 1. The van der Waals surface area contributed by atoms with Crippen molar-refractivity contribution in [2.45, 2.75) is 134 Å². The molecule has 137 heavy (non-hydrogen) atoms. The number of β-amino-alcohol motifs (C(OH)–C–C–N with tert-alkyl or cyclic N) is 1. The Labute approximate surface area is 802 Å². The number of amides is 3. The summed E-state index contributed by atoms with van der Waals surface area (Å²) in [5, 5.41) is 16.8. The van der Waals surface area contributed by atoms with Gasteiger partial charge in [-0.3, -0.25) is 24.2 Å². The Bertz CT molecular complexity index is 6280. The zero-order valence-electron chi connectivity index (χ0n) is 78.0. The number of rotatable bonds is 25. The number of nitrogens with zero attached hydrogens (tertiary/aromatic N) is 22.